The van der Waals surface area contributed by atoms with E-state index in [1.807, 2.05) is 60.7 Å². The fourth-order valence-electron chi connectivity index (χ4n) is 4.36. The van der Waals surface area contributed by atoms with Crippen molar-refractivity contribution in [2.75, 3.05) is 40.0 Å². The topological polar surface area (TPSA) is 142 Å². The molecule has 5 aromatic rings. The Morgan fingerprint density at radius 3 is 2.34 bits per heavy atom. The zero-order valence-corrected chi connectivity index (χ0v) is 23.0. The minimum Gasteiger partial charge on any atom is -0.504 e. The number of nitrogens with one attached hydrogen (secondary N) is 2. The number of aliphatic hydroxyl groups is 1. The second-order valence-corrected chi connectivity index (χ2v) is 9.38. The van der Waals surface area contributed by atoms with Gasteiger partial charge in [-0.15, -0.1) is 0 Å². The second-order valence-electron chi connectivity index (χ2n) is 9.38. The summed E-state index contributed by atoms with van der Waals surface area (Å²) in [5.41, 5.74) is 8.33. The standard InChI is InChI=1S/C24H26N2O4.C8H11NO2/c1-28-21-10-4-5-11-22(21)29-14-13-25-15-17(27)16-30-23-12-6-9-20-24(23)18-7-2-3-8-19(18)26-20;9-4-3-6-1-2-7(10)8(11)5-6/h2-12,17,25-27H,13-16H2,1H3;1-2,5,10-11H,3-4,9H2. The van der Waals surface area contributed by atoms with Crippen LogP contribution in [0.1, 0.15) is 5.56 Å². The Kier molecular flexibility index (Phi) is 10.7. The van der Waals surface area contributed by atoms with Crippen molar-refractivity contribution in [1.82, 2.24) is 10.3 Å². The van der Waals surface area contributed by atoms with Gasteiger partial charge in [-0.3, -0.25) is 0 Å². The fourth-order valence-corrected chi connectivity index (χ4v) is 4.36. The maximum atomic E-state index is 10.3. The van der Waals surface area contributed by atoms with Gasteiger partial charge in [0, 0.05) is 29.4 Å². The molecule has 4 aromatic carbocycles. The van der Waals surface area contributed by atoms with E-state index in [0.29, 0.717) is 44.2 Å². The summed E-state index contributed by atoms with van der Waals surface area (Å²) in [6, 6.07) is 26.3. The lowest BCUT2D eigenvalue weighted by atomic mass is 10.1. The van der Waals surface area contributed by atoms with Crippen LogP contribution in [0.5, 0.6) is 28.7 Å². The van der Waals surface area contributed by atoms with E-state index in [9.17, 15) is 5.11 Å². The molecule has 0 spiro atoms. The molecule has 216 valence electrons. The molecule has 1 heterocycles. The van der Waals surface area contributed by atoms with Gasteiger partial charge in [0.1, 0.15) is 25.1 Å². The first-order chi connectivity index (χ1) is 20.0. The zero-order chi connectivity index (χ0) is 29.0. The summed E-state index contributed by atoms with van der Waals surface area (Å²) in [7, 11) is 1.62. The van der Waals surface area contributed by atoms with Crippen LogP contribution in [0, 0.1) is 0 Å². The molecule has 7 N–H and O–H groups in total. The highest BCUT2D eigenvalue weighted by Crippen LogP contribution is 2.33. The molecule has 0 saturated heterocycles. The molecule has 9 nitrogen and oxygen atoms in total. The van der Waals surface area contributed by atoms with Gasteiger partial charge in [-0.05, 0) is 61.0 Å². The summed E-state index contributed by atoms with van der Waals surface area (Å²) in [5, 5.41) is 33.6. The number of phenolic OH excluding ortho intramolecular Hbond substituents is 2. The van der Waals surface area contributed by atoms with Crippen LogP contribution in [0.15, 0.2) is 84.9 Å². The van der Waals surface area contributed by atoms with Gasteiger partial charge in [-0.25, -0.2) is 0 Å². The number of aromatic hydroxyl groups is 2. The van der Waals surface area contributed by atoms with Gasteiger partial charge in [0.25, 0.3) is 0 Å². The average molecular weight is 560 g/mol. The lowest BCUT2D eigenvalue weighted by Crippen LogP contribution is -2.33. The van der Waals surface area contributed by atoms with Crippen LogP contribution in [0.2, 0.25) is 0 Å². The molecule has 1 unspecified atom stereocenters. The Bertz CT molecular complexity index is 1540. The number of fused-ring (bicyclic) bond motifs is 3. The quantitative estimate of drug-likeness (QED) is 0.0980. The van der Waals surface area contributed by atoms with Crippen molar-refractivity contribution in [3.63, 3.8) is 0 Å². The minimum absolute atomic E-state index is 0.0871. The number of hydrogen-bond donors (Lipinski definition) is 6. The number of benzene rings is 4. The molecular weight excluding hydrogens is 522 g/mol. The summed E-state index contributed by atoms with van der Waals surface area (Å²) < 4.78 is 16.9. The van der Waals surface area contributed by atoms with Crippen molar-refractivity contribution in [3.8, 4) is 28.7 Å². The highest BCUT2D eigenvalue weighted by molar-refractivity contribution is 6.10. The first kappa shape index (κ1) is 29.5. The van der Waals surface area contributed by atoms with E-state index in [-0.39, 0.29) is 18.1 Å². The molecule has 0 amide bonds. The third-order valence-corrected chi connectivity index (χ3v) is 6.38. The smallest absolute Gasteiger partial charge is 0.161 e. The van der Waals surface area contributed by atoms with E-state index in [1.54, 1.807) is 13.2 Å². The summed E-state index contributed by atoms with van der Waals surface area (Å²) in [4.78, 5) is 3.40. The van der Waals surface area contributed by atoms with Crippen LogP contribution in [0.4, 0.5) is 0 Å². The Morgan fingerprint density at radius 2 is 1.56 bits per heavy atom. The van der Waals surface area contributed by atoms with Gasteiger partial charge in [0.2, 0.25) is 0 Å². The van der Waals surface area contributed by atoms with E-state index in [1.165, 1.54) is 12.1 Å². The number of aromatic amines is 1. The number of phenols is 2. The number of hydrogen-bond acceptors (Lipinski definition) is 8. The monoisotopic (exact) mass is 559 g/mol. The minimum atomic E-state index is -0.628. The molecule has 1 atom stereocenters. The predicted molar refractivity (Wildman–Crippen MR) is 161 cm³/mol. The van der Waals surface area contributed by atoms with Crippen LogP contribution >= 0.6 is 0 Å². The SMILES string of the molecule is COc1ccccc1OCCNCC(O)COc1cccc2[nH]c3ccccc3c12.NCCc1ccc(O)c(O)c1. The number of aromatic nitrogens is 1. The number of rotatable bonds is 12. The molecule has 0 bridgehead atoms. The van der Waals surface area contributed by atoms with Crippen molar-refractivity contribution in [2.24, 2.45) is 5.73 Å². The highest BCUT2D eigenvalue weighted by Gasteiger charge is 2.11. The highest BCUT2D eigenvalue weighted by atomic mass is 16.5. The summed E-state index contributed by atoms with van der Waals surface area (Å²) in [6.45, 7) is 2.25. The van der Waals surface area contributed by atoms with E-state index in [0.717, 1.165) is 33.1 Å². The van der Waals surface area contributed by atoms with E-state index < -0.39 is 6.10 Å². The number of aliphatic hydroxyl groups excluding tert-OH is 1. The van der Waals surface area contributed by atoms with Gasteiger partial charge in [-0.2, -0.15) is 0 Å². The molecule has 0 fully saturated rings. The van der Waals surface area contributed by atoms with Crippen molar-refractivity contribution in [1.29, 1.82) is 0 Å². The van der Waals surface area contributed by atoms with Gasteiger partial charge in [-0.1, -0.05) is 42.5 Å². The Balaban J connectivity index is 0.000000296. The average Bonchev–Trinajstić information content (AvgIpc) is 3.38. The number of nitrogens with two attached hydrogens (primary N) is 1. The Labute approximate surface area is 239 Å². The number of H-pyrrole nitrogens is 1. The predicted octanol–water partition coefficient (Wildman–Crippen LogP) is 4.34. The van der Waals surface area contributed by atoms with Crippen molar-refractivity contribution >= 4 is 21.8 Å². The first-order valence-electron chi connectivity index (χ1n) is 13.5. The van der Waals surface area contributed by atoms with Crippen LogP contribution in [0.25, 0.3) is 21.8 Å². The lowest BCUT2D eigenvalue weighted by Gasteiger charge is -2.15. The normalized spacial score (nSPS) is 11.6. The molecule has 0 aliphatic heterocycles. The molecule has 0 radical (unpaired) electrons. The molecule has 41 heavy (non-hydrogen) atoms. The van der Waals surface area contributed by atoms with Gasteiger partial charge >= 0.3 is 0 Å². The summed E-state index contributed by atoms with van der Waals surface area (Å²) >= 11 is 0. The van der Waals surface area contributed by atoms with E-state index >= 15 is 0 Å². The Morgan fingerprint density at radius 1 is 0.829 bits per heavy atom. The van der Waals surface area contributed by atoms with E-state index in [4.69, 9.17) is 30.2 Å². The van der Waals surface area contributed by atoms with E-state index in [2.05, 4.69) is 16.4 Å². The molecular formula is C32H37N3O6. The fraction of sp³-hybridized carbons (Fsp3) is 0.250. The number of ether oxygens (including phenoxy) is 3. The van der Waals surface area contributed by atoms with Gasteiger partial charge in [0.15, 0.2) is 23.0 Å². The van der Waals surface area contributed by atoms with Gasteiger partial charge in [0.05, 0.1) is 12.6 Å². The van der Waals surface area contributed by atoms with Crippen molar-refractivity contribution < 1.29 is 29.5 Å². The van der Waals surface area contributed by atoms with Crippen molar-refractivity contribution in [3.05, 3.63) is 90.5 Å². The molecule has 0 aliphatic rings. The summed E-state index contributed by atoms with van der Waals surface area (Å²) in [6.07, 6.45) is 0.0881. The second kappa shape index (κ2) is 14.8. The largest absolute Gasteiger partial charge is 0.504 e. The van der Waals surface area contributed by atoms with Crippen LogP contribution in [-0.4, -0.2) is 66.4 Å². The maximum absolute atomic E-state index is 10.3. The molecule has 1 aromatic heterocycles. The third-order valence-electron chi connectivity index (χ3n) is 6.38. The molecule has 9 heteroatoms. The first-order valence-corrected chi connectivity index (χ1v) is 13.5. The van der Waals surface area contributed by atoms with Crippen LogP contribution < -0.4 is 25.3 Å². The number of methoxy groups -OCH3 is 1. The maximum Gasteiger partial charge on any atom is 0.161 e. The number of para-hydroxylation sites is 3. The van der Waals surface area contributed by atoms with Crippen molar-refractivity contribution in [2.45, 2.75) is 12.5 Å². The van der Waals surface area contributed by atoms with Gasteiger partial charge < -0.3 is 45.6 Å². The summed E-state index contributed by atoms with van der Waals surface area (Å²) in [5.74, 6) is 2.00. The van der Waals surface area contributed by atoms with Crippen LogP contribution in [-0.2, 0) is 6.42 Å². The molecule has 0 aliphatic carbocycles. The third kappa shape index (κ3) is 8.04. The molecule has 0 saturated carbocycles. The Hall–Kier alpha value is -4.44. The van der Waals surface area contributed by atoms with Crippen LogP contribution in [0.3, 0.4) is 0 Å². The molecule has 5 rings (SSSR count). The zero-order valence-electron chi connectivity index (χ0n) is 23.0. The lowest BCUT2D eigenvalue weighted by molar-refractivity contribution is 0.106.